The summed E-state index contributed by atoms with van der Waals surface area (Å²) < 4.78 is 10.4. The third-order valence-electron chi connectivity index (χ3n) is 5.98. The van der Waals surface area contributed by atoms with Gasteiger partial charge in [0, 0.05) is 12.4 Å². The lowest BCUT2D eigenvalue weighted by atomic mass is 9.97. The van der Waals surface area contributed by atoms with Crippen molar-refractivity contribution in [3.63, 3.8) is 0 Å². The van der Waals surface area contributed by atoms with Crippen LogP contribution in [-0.4, -0.2) is 46.0 Å². The molecular formula is C29H37N5O6. The van der Waals surface area contributed by atoms with E-state index in [1.54, 1.807) is 24.5 Å². The van der Waals surface area contributed by atoms with Gasteiger partial charge in [-0.15, -0.1) is 0 Å². The van der Waals surface area contributed by atoms with Crippen LogP contribution in [0.25, 0.3) is 0 Å². The Hall–Kier alpha value is -4.41. The van der Waals surface area contributed by atoms with Crippen molar-refractivity contribution < 1.29 is 28.7 Å². The molecule has 1 aliphatic heterocycles. The van der Waals surface area contributed by atoms with E-state index in [-0.39, 0.29) is 30.7 Å². The number of aromatic nitrogens is 1. The molecule has 0 saturated heterocycles. The lowest BCUT2D eigenvalue weighted by Crippen LogP contribution is -2.54. The third kappa shape index (κ3) is 9.40. The molecule has 3 N–H and O–H groups in total. The van der Waals surface area contributed by atoms with Crippen molar-refractivity contribution in [2.24, 2.45) is 11.8 Å². The number of nitrogens with zero attached hydrogens (tertiary/aromatic N) is 2. The fourth-order valence-electron chi connectivity index (χ4n) is 4.05. The molecule has 0 unspecified atom stereocenters. The van der Waals surface area contributed by atoms with Gasteiger partial charge in [-0.2, -0.15) is 0 Å². The highest BCUT2D eigenvalue weighted by Gasteiger charge is 2.33. The fraction of sp³-hybridized carbons (Fsp3) is 0.414. The van der Waals surface area contributed by atoms with Crippen molar-refractivity contribution in [3.05, 3.63) is 77.9 Å². The Kier molecular flexibility index (Phi) is 11.0. The van der Waals surface area contributed by atoms with Crippen molar-refractivity contribution in [1.29, 1.82) is 0 Å². The summed E-state index contributed by atoms with van der Waals surface area (Å²) in [7, 11) is 0. The first-order chi connectivity index (χ1) is 19.1. The van der Waals surface area contributed by atoms with Crippen molar-refractivity contribution >= 4 is 23.9 Å². The minimum Gasteiger partial charge on any atom is -0.445 e. The number of Topliss-reactive ketones (excluding diaryl/α,β-unsaturated/α-hetero) is 1. The zero-order valence-corrected chi connectivity index (χ0v) is 23.3. The molecule has 0 bridgehead atoms. The molecule has 1 aliphatic rings. The maximum absolute atomic E-state index is 13.5. The molecule has 2 heterocycles. The number of amides is 3. The molecule has 2 atom stereocenters. The van der Waals surface area contributed by atoms with E-state index in [1.807, 2.05) is 58.0 Å². The van der Waals surface area contributed by atoms with Gasteiger partial charge in [0.05, 0.1) is 12.6 Å². The zero-order chi connectivity index (χ0) is 29.1. The van der Waals surface area contributed by atoms with Gasteiger partial charge >= 0.3 is 12.2 Å². The molecule has 1 aromatic carbocycles. The molecule has 0 aliphatic carbocycles. The summed E-state index contributed by atoms with van der Waals surface area (Å²) in [4.78, 5) is 55.6. The Morgan fingerprint density at radius 3 is 2.23 bits per heavy atom. The van der Waals surface area contributed by atoms with Crippen LogP contribution in [0.15, 0.2) is 66.8 Å². The number of hydrogen-bond donors (Lipinski definition) is 3. The molecule has 214 valence electrons. The molecule has 3 rings (SSSR count). The number of hydrogen-bond acceptors (Lipinski definition) is 8. The topological polar surface area (TPSA) is 139 Å². The molecule has 11 nitrogen and oxygen atoms in total. The van der Waals surface area contributed by atoms with Crippen molar-refractivity contribution in [1.82, 2.24) is 26.1 Å². The molecule has 1 aromatic heterocycles. The van der Waals surface area contributed by atoms with Gasteiger partial charge < -0.3 is 20.1 Å². The maximum Gasteiger partial charge on any atom is 0.433 e. The average molecular weight is 552 g/mol. The van der Waals surface area contributed by atoms with Gasteiger partial charge in [0.2, 0.25) is 11.7 Å². The SMILES string of the molecule is CC(C)C[C@H](NC(=O)OCc1ccccc1)C(=O)N[C@@H](CC(C)C)C(=O)C1=COC(=O)N(Cc2ccncc2)N1. The standard InChI is InChI=1S/C29H37N5O6/c1-19(2)14-23(26(35)25-18-40-29(38)34(33-25)16-21-10-12-30-13-11-21)31-27(36)24(15-20(3)4)32-28(37)39-17-22-8-6-5-7-9-22/h5-13,18-20,23-24,33H,14-17H2,1-4H3,(H,31,36)(H,32,37)/t23-,24-/m0/s1. The van der Waals surface area contributed by atoms with E-state index < -0.39 is 36.0 Å². The highest BCUT2D eigenvalue weighted by molar-refractivity contribution is 6.02. The normalized spacial score (nSPS) is 14.5. The van der Waals surface area contributed by atoms with Crippen LogP contribution in [0.2, 0.25) is 0 Å². The van der Waals surface area contributed by atoms with Gasteiger partial charge in [0.25, 0.3) is 0 Å². The van der Waals surface area contributed by atoms with Crippen molar-refractivity contribution in [2.75, 3.05) is 0 Å². The molecule has 0 saturated carbocycles. The monoisotopic (exact) mass is 551 g/mol. The van der Waals surface area contributed by atoms with Crippen LogP contribution in [0.3, 0.4) is 0 Å². The lowest BCUT2D eigenvalue weighted by molar-refractivity contribution is -0.128. The van der Waals surface area contributed by atoms with Crippen molar-refractivity contribution in [3.8, 4) is 0 Å². The minimum absolute atomic E-state index is 0.0234. The number of pyridine rings is 1. The zero-order valence-electron chi connectivity index (χ0n) is 23.3. The number of hydrazine groups is 1. The van der Waals surface area contributed by atoms with Gasteiger partial charge in [-0.25, -0.2) is 14.6 Å². The molecule has 40 heavy (non-hydrogen) atoms. The second-order valence-corrected chi connectivity index (χ2v) is 10.4. The third-order valence-corrected chi connectivity index (χ3v) is 5.98. The van der Waals surface area contributed by atoms with Gasteiger partial charge in [0.15, 0.2) is 0 Å². The minimum atomic E-state index is -0.928. The van der Waals surface area contributed by atoms with E-state index in [0.29, 0.717) is 12.8 Å². The van der Waals surface area contributed by atoms with Crippen LogP contribution in [0.5, 0.6) is 0 Å². The predicted molar refractivity (Wildman–Crippen MR) is 147 cm³/mol. The van der Waals surface area contributed by atoms with Gasteiger partial charge in [-0.05, 0) is 47.9 Å². The second kappa shape index (κ2) is 14.7. The first-order valence-corrected chi connectivity index (χ1v) is 13.3. The summed E-state index contributed by atoms with van der Waals surface area (Å²) in [6.45, 7) is 7.91. The van der Waals surface area contributed by atoms with Gasteiger partial charge in [-0.3, -0.25) is 20.0 Å². The summed E-state index contributed by atoms with van der Waals surface area (Å²) >= 11 is 0. The van der Waals surface area contributed by atoms with Crippen LogP contribution in [-0.2, 0) is 32.2 Å². The number of carbonyl (C=O) groups excluding carboxylic acids is 4. The van der Waals surface area contributed by atoms with E-state index in [2.05, 4.69) is 21.0 Å². The number of nitrogens with one attached hydrogen (secondary N) is 3. The van der Waals surface area contributed by atoms with E-state index >= 15 is 0 Å². The van der Waals surface area contributed by atoms with Crippen LogP contribution in [0.1, 0.15) is 51.7 Å². The van der Waals surface area contributed by atoms with Crippen LogP contribution < -0.4 is 16.1 Å². The summed E-state index contributed by atoms with van der Waals surface area (Å²) in [5.41, 5.74) is 4.43. The molecule has 2 aromatic rings. The Bertz CT molecular complexity index is 1190. The Balaban J connectivity index is 1.67. The number of cyclic esters (lactones) is 1. The van der Waals surface area contributed by atoms with E-state index in [4.69, 9.17) is 9.47 Å². The maximum atomic E-state index is 13.5. The molecule has 0 spiro atoms. The van der Waals surface area contributed by atoms with E-state index in [0.717, 1.165) is 17.4 Å². The van der Waals surface area contributed by atoms with E-state index in [1.165, 1.54) is 5.01 Å². The van der Waals surface area contributed by atoms with E-state index in [9.17, 15) is 19.2 Å². The number of ketones is 1. The first-order valence-electron chi connectivity index (χ1n) is 13.3. The van der Waals surface area contributed by atoms with Crippen LogP contribution in [0, 0.1) is 11.8 Å². The molecule has 0 fully saturated rings. The van der Waals surface area contributed by atoms with Gasteiger partial charge in [-0.1, -0.05) is 58.0 Å². The summed E-state index contributed by atoms with van der Waals surface area (Å²) in [6, 6.07) is 10.8. The van der Waals surface area contributed by atoms with Gasteiger partial charge in [0.1, 0.15) is 24.6 Å². The largest absolute Gasteiger partial charge is 0.445 e. The summed E-state index contributed by atoms with van der Waals surface area (Å²) in [6.07, 6.45) is 3.51. The quantitative estimate of drug-likeness (QED) is 0.342. The first kappa shape index (κ1) is 30.1. The lowest BCUT2D eigenvalue weighted by Gasteiger charge is -2.30. The predicted octanol–water partition coefficient (Wildman–Crippen LogP) is 3.82. The molecule has 11 heteroatoms. The second-order valence-electron chi connectivity index (χ2n) is 10.4. The number of rotatable bonds is 13. The number of carbonyl (C=O) groups is 4. The smallest absolute Gasteiger partial charge is 0.433 e. The Labute approximate surface area is 234 Å². The Morgan fingerprint density at radius 2 is 1.57 bits per heavy atom. The summed E-state index contributed by atoms with van der Waals surface area (Å²) in [5, 5.41) is 6.61. The Morgan fingerprint density at radius 1 is 0.925 bits per heavy atom. The highest BCUT2D eigenvalue weighted by atomic mass is 16.6. The number of benzene rings is 1. The van der Waals surface area contributed by atoms with Crippen LogP contribution in [0.4, 0.5) is 9.59 Å². The number of ether oxygens (including phenoxy) is 2. The fourth-order valence-corrected chi connectivity index (χ4v) is 4.05. The van der Waals surface area contributed by atoms with Crippen molar-refractivity contribution in [2.45, 2.75) is 65.8 Å². The molecule has 0 radical (unpaired) electrons. The number of alkyl carbamates (subject to hydrolysis) is 1. The van der Waals surface area contributed by atoms with Crippen LogP contribution >= 0.6 is 0 Å². The molecule has 3 amide bonds. The summed E-state index contributed by atoms with van der Waals surface area (Å²) in [5.74, 6) is -0.829. The molecular weight excluding hydrogens is 514 g/mol. The highest BCUT2D eigenvalue weighted by Crippen LogP contribution is 2.16. The average Bonchev–Trinajstić information content (AvgIpc) is 2.92.